The Labute approximate surface area is 124 Å². The molecule has 0 amide bonds. The molecular formula is C17H10O2S. The lowest BCUT2D eigenvalue weighted by Crippen LogP contribution is -2.04. The second-order valence-electron chi connectivity index (χ2n) is 2.77. The first kappa shape index (κ1) is 17.2. The first-order valence-electron chi connectivity index (χ1n) is 5.54. The van der Waals surface area contributed by atoms with E-state index in [0.29, 0.717) is 18.8 Å². The van der Waals surface area contributed by atoms with E-state index < -0.39 is 0 Å². The molecule has 0 aliphatic rings. The molecule has 3 heteroatoms. The molecule has 0 heterocycles. The summed E-state index contributed by atoms with van der Waals surface area (Å²) in [6.45, 7) is 2.17. The van der Waals surface area contributed by atoms with Gasteiger partial charge < -0.3 is 4.74 Å². The summed E-state index contributed by atoms with van der Waals surface area (Å²) in [5.41, 5.74) is 0. The molecule has 20 heavy (non-hydrogen) atoms. The first-order valence-corrected chi connectivity index (χ1v) is 6.52. The van der Waals surface area contributed by atoms with Crippen molar-refractivity contribution in [2.24, 2.45) is 0 Å². The number of rotatable bonds is 4. The molecule has 0 aromatic carbocycles. The fourth-order valence-corrected chi connectivity index (χ4v) is 1.23. The Bertz CT molecular complexity index is 668. The highest BCUT2D eigenvalue weighted by Crippen LogP contribution is 2.00. The van der Waals surface area contributed by atoms with Crippen molar-refractivity contribution in [2.75, 3.05) is 12.4 Å². The molecule has 0 bridgehead atoms. The van der Waals surface area contributed by atoms with Crippen molar-refractivity contribution in [1.29, 1.82) is 0 Å². The van der Waals surface area contributed by atoms with E-state index in [9.17, 15) is 4.79 Å². The molecule has 96 valence electrons. The minimum Gasteiger partial charge on any atom is -0.466 e. The lowest BCUT2D eigenvalue weighted by atomic mass is 10.5. The van der Waals surface area contributed by atoms with Crippen molar-refractivity contribution in [2.45, 2.75) is 13.3 Å². The van der Waals surface area contributed by atoms with Crippen molar-refractivity contribution in [1.82, 2.24) is 0 Å². The van der Waals surface area contributed by atoms with Crippen LogP contribution in [0.5, 0.6) is 0 Å². The Kier molecular flexibility index (Phi) is 12.2. The van der Waals surface area contributed by atoms with Gasteiger partial charge in [0, 0.05) is 5.75 Å². The summed E-state index contributed by atoms with van der Waals surface area (Å²) in [6, 6.07) is 0. The number of carbonyl (C=O) groups excluding carboxylic acids is 1. The van der Waals surface area contributed by atoms with Crippen LogP contribution in [0, 0.1) is 70.9 Å². The van der Waals surface area contributed by atoms with Crippen molar-refractivity contribution < 1.29 is 9.53 Å². The van der Waals surface area contributed by atoms with Crippen LogP contribution in [-0.4, -0.2) is 18.3 Å². The van der Waals surface area contributed by atoms with Crippen LogP contribution in [0.1, 0.15) is 13.3 Å². The van der Waals surface area contributed by atoms with E-state index in [1.807, 2.05) is 0 Å². The molecule has 0 atom stereocenters. The lowest BCUT2D eigenvalue weighted by molar-refractivity contribution is -0.142. The highest BCUT2D eigenvalue weighted by atomic mass is 32.2. The van der Waals surface area contributed by atoms with Crippen LogP contribution in [0.2, 0.25) is 0 Å². The Morgan fingerprint density at radius 1 is 1.00 bits per heavy atom. The zero-order valence-electron chi connectivity index (χ0n) is 10.9. The highest BCUT2D eigenvalue weighted by Gasteiger charge is 1.98. The second kappa shape index (κ2) is 14.2. The minimum atomic E-state index is -0.217. The summed E-state index contributed by atoms with van der Waals surface area (Å²) in [6.07, 6.45) is 5.24. The van der Waals surface area contributed by atoms with E-state index in [2.05, 4.69) is 64.5 Å². The van der Waals surface area contributed by atoms with Crippen LogP contribution in [0.15, 0.2) is 0 Å². The van der Waals surface area contributed by atoms with Gasteiger partial charge in [-0.3, -0.25) is 4.79 Å². The topological polar surface area (TPSA) is 26.3 Å². The van der Waals surface area contributed by atoms with Crippen molar-refractivity contribution in [3.05, 3.63) is 0 Å². The smallest absolute Gasteiger partial charge is 0.306 e. The Morgan fingerprint density at radius 2 is 1.55 bits per heavy atom. The maximum atomic E-state index is 11.0. The number of hydrogen-bond acceptors (Lipinski definition) is 3. The van der Waals surface area contributed by atoms with Crippen molar-refractivity contribution in [3.63, 3.8) is 0 Å². The van der Waals surface area contributed by atoms with Gasteiger partial charge in [0.05, 0.1) is 13.0 Å². The molecule has 0 saturated heterocycles. The maximum absolute atomic E-state index is 11.0. The summed E-state index contributed by atoms with van der Waals surface area (Å²) in [5, 5.41) is 2.74. The van der Waals surface area contributed by atoms with Gasteiger partial charge in [-0.2, -0.15) is 0 Å². The van der Waals surface area contributed by atoms with Gasteiger partial charge in [-0.15, -0.1) is 6.42 Å². The van der Waals surface area contributed by atoms with E-state index in [1.54, 1.807) is 6.92 Å². The van der Waals surface area contributed by atoms with Gasteiger partial charge in [-0.1, -0.05) is 11.8 Å². The highest BCUT2D eigenvalue weighted by molar-refractivity contribution is 8.03. The minimum absolute atomic E-state index is 0.217. The molecule has 2 nitrogen and oxygen atoms in total. The van der Waals surface area contributed by atoms with Gasteiger partial charge in [0.1, 0.15) is 0 Å². The summed E-state index contributed by atoms with van der Waals surface area (Å²) < 4.78 is 4.77. The van der Waals surface area contributed by atoms with Crippen LogP contribution in [-0.2, 0) is 9.53 Å². The molecule has 0 unspecified atom stereocenters. The summed E-state index contributed by atoms with van der Waals surface area (Å²) >= 11 is 1.31. The third-order valence-electron chi connectivity index (χ3n) is 1.41. The molecule has 0 spiro atoms. The summed E-state index contributed by atoms with van der Waals surface area (Å²) in [7, 11) is 0. The number of terminal acetylenes is 1. The molecule has 0 aromatic heterocycles. The zero-order valence-corrected chi connectivity index (χ0v) is 11.7. The largest absolute Gasteiger partial charge is 0.466 e. The molecule has 0 N–H and O–H groups in total. The van der Waals surface area contributed by atoms with Gasteiger partial charge in [0.15, 0.2) is 0 Å². The Hall–Kier alpha value is -2.82. The van der Waals surface area contributed by atoms with Gasteiger partial charge in [-0.25, -0.2) is 0 Å². The van der Waals surface area contributed by atoms with E-state index in [1.165, 1.54) is 11.8 Å². The van der Waals surface area contributed by atoms with E-state index >= 15 is 0 Å². The third kappa shape index (κ3) is 13.2. The molecule has 0 rings (SSSR count). The van der Waals surface area contributed by atoms with E-state index in [-0.39, 0.29) is 5.97 Å². The molecular weight excluding hydrogens is 268 g/mol. The number of ether oxygens (including phenoxy) is 1. The fourth-order valence-electron chi connectivity index (χ4n) is 0.735. The van der Waals surface area contributed by atoms with Crippen molar-refractivity contribution in [3.8, 4) is 70.9 Å². The third-order valence-corrected chi connectivity index (χ3v) is 2.06. The van der Waals surface area contributed by atoms with Crippen LogP contribution in [0.4, 0.5) is 0 Å². The van der Waals surface area contributed by atoms with Crippen LogP contribution in [0.3, 0.4) is 0 Å². The first-order chi connectivity index (χ1) is 9.81. The SMILES string of the molecule is C#CC#CC#CC#CC#CC#CSCCC(=O)OCC. The molecule has 0 aliphatic heterocycles. The van der Waals surface area contributed by atoms with Crippen LogP contribution < -0.4 is 0 Å². The van der Waals surface area contributed by atoms with Gasteiger partial charge in [-0.05, 0) is 71.4 Å². The average molecular weight is 278 g/mol. The lowest BCUT2D eigenvalue weighted by Gasteiger charge is -1.97. The number of thioether (sulfide) groups is 1. The van der Waals surface area contributed by atoms with Gasteiger partial charge >= 0.3 is 5.97 Å². The van der Waals surface area contributed by atoms with Crippen LogP contribution in [0.25, 0.3) is 0 Å². The predicted octanol–water partition coefficient (Wildman–Crippen LogP) is 1.28. The molecule has 0 radical (unpaired) electrons. The Balaban J connectivity index is 3.91. The van der Waals surface area contributed by atoms with E-state index in [4.69, 9.17) is 11.2 Å². The fraction of sp³-hybridized carbons (Fsp3) is 0.235. The molecule has 0 aromatic rings. The second-order valence-corrected chi connectivity index (χ2v) is 3.68. The summed E-state index contributed by atoms with van der Waals surface area (Å²) in [4.78, 5) is 11.0. The number of carbonyl (C=O) groups is 1. The van der Waals surface area contributed by atoms with Crippen molar-refractivity contribution >= 4 is 17.7 Å². The monoisotopic (exact) mass is 278 g/mol. The average Bonchev–Trinajstić information content (AvgIpc) is 2.44. The number of esters is 1. The normalized spacial score (nSPS) is 6.20. The maximum Gasteiger partial charge on any atom is 0.306 e. The standard InChI is InChI=1S/C17H10O2S/c1-3-5-6-7-8-9-10-11-12-13-15-20-16-14-17(18)19-4-2/h1H,4,14,16H2,2H3. The van der Waals surface area contributed by atoms with Gasteiger partial charge in [0.2, 0.25) is 0 Å². The van der Waals surface area contributed by atoms with Gasteiger partial charge in [0.25, 0.3) is 0 Å². The Morgan fingerprint density at radius 3 is 2.10 bits per heavy atom. The van der Waals surface area contributed by atoms with E-state index in [0.717, 1.165) is 0 Å². The van der Waals surface area contributed by atoms with Crippen LogP contribution >= 0.6 is 11.8 Å². The molecule has 0 aliphatic carbocycles. The molecule has 0 saturated carbocycles. The molecule has 0 fully saturated rings. The quantitative estimate of drug-likeness (QED) is 0.440. The predicted molar refractivity (Wildman–Crippen MR) is 81.4 cm³/mol. The summed E-state index contributed by atoms with van der Waals surface area (Å²) in [5.74, 6) is 24.8. The number of hydrogen-bond donors (Lipinski definition) is 0. The zero-order chi connectivity index (χ0) is 14.9.